The van der Waals surface area contributed by atoms with Crippen molar-refractivity contribution in [1.29, 1.82) is 0 Å². The second kappa shape index (κ2) is 16.8. The van der Waals surface area contributed by atoms with Crippen LogP contribution in [0.5, 0.6) is 0 Å². The summed E-state index contributed by atoms with van der Waals surface area (Å²) in [6.07, 6.45) is 8.01. The topological polar surface area (TPSA) is 123 Å². The molecule has 1 aromatic carbocycles. The summed E-state index contributed by atoms with van der Waals surface area (Å²) in [7, 11) is 1.23. The Balaban J connectivity index is 2.44. The van der Waals surface area contributed by atoms with Crippen molar-refractivity contribution in [3.05, 3.63) is 33.4 Å². The van der Waals surface area contributed by atoms with Crippen LogP contribution in [0.1, 0.15) is 64.9 Å². The average molecular weight is 628 g/mol. The van der Waals surface area contributed by atoms with Gasteiger partial charge < -0.3 is 25.4 Å². The lowest BCUT2D eigenvalue weighted by Crippen LogP contribution is -2.52. The molecule has 204 valence electrons. The van der Waals surface area contributed by atoms with Gasteiger partial charge in [0.25, 0.3) is 0 Å². The molecule has 0 aliphatic rings. The highest BCUT2D eigenvalue weighted by molar-refractivity contribution is 14.1. The molecule has 3 amide bonds. The highest BCUT2D eigenvalue weighted by Crippen LogP contribution is 2.10. The predicted molar refractivity (Wildman–Crippen MR) is 150 cm³/mol. The summed E-state index contributed by atoms with van der Waals surface area (Å²) >= 11 is 2.26. The minimum atomic E-state index is -1.06. The van der Waals surface area contributed by atoms with Gasteiger partial charge in [0.15, 0.2) is 0 Å². The molecule has 0 fully saturated rings. The van der Waals surface area contributed by atoms with E-state index in [-0.39, 0.29) is 12.3 Å². The van der Waals surface area contributed by atoms with Gasteiger partial charge in [-0.2, -0.15) is 0 Å². The van der Waals surface area contributed by atoms with Crippen molar-refractivity contribution < 1.29 is 28.7 Å². The summed E-state index contributed by atoms with van der Waals surface area (Å²) in [6.45, 7) is 5.56. The summed E-state index contributed by atoms with van der Waals surface area (Å²) in [5, 5.41) is 7.92. The number of amides is 3. The van der Waals surface area contributed by atoms with E-state index in [0.717, 1.165) is 12.8 Å². The van der Waals surface area contributed by atoms with Crippen LogP contribution >= 0.6 is 22.6 Å². The van der Waals surface area contributed by atoms with E-state index in [1.807, 2.05) is 12.1 Å². The van der Waals surface area contributed by atoms with Crippen molar-refractivity contribution in [3.8, 4) is 12.3 Å². The number of hydrogen-bond acceptors (Lipinski definition) is 6. The zero-order chi connectivity index (χ0) is 27.8. The zero-order valence-corrected chi connectivity index (χ0v) is 24.2. The summed E-state index contributed by atoms with van der Waals surface area (Å²) in [6, 6.07) is 6.25. The third-order valence-electron chi connectivity index (χ3n) is 5.16. The van der Waals surface area contributed by atoms with E-state index in [1.54, 1.807) is 20.8 Å². The van der Waals surface area contributed by atoms with Crippen LogP contribution in [0, 0.1) is 15.9 Å². The van der Waals surface area contributed by atoms with Gasteiger partial charge in [-0.3, -0.25) is 9.59 Å². The first-order valence-electron chi connectivity index (χ1n) is 12.3. The van der Waals surface area contributed by atoms with Gasteiger partial charge in [0.1, 0.15) is 17.7 Å². The molecule has 0 saturated heterocycles. The second-order valence-electron chi connectivity index (χ2n) is 9.52. The Bertz CT molecular complexity index is 937. The lowest BCUT2D eigenvalue weighted by Gasteiger charge is -2.24. The molecule has 1 aromatic rings. The van der Waals surface area contributed by atoms with Crippen LogP contribution in [0.25, 0.3) is 0 Å². The summed E-state index contributed by atoms with van der Waals surface area (Å²) < 4.78 is 11.2. The van der Waals surface area contributed by atoms with E-state index in [1.165, 1.54) is 16.2 Å². The first kappa shape index (κ1) is 32.2. The molecule has 10 heteroatoms. The molecule has 3 N–H and O–H groups in total. The molecule has 0 aliphatic carbocycles. The van der Waals surface area contributed by atoms with Crippen LogP contribution in [-0.4, -0.2) is 55.2 Å². The smallest absolute Gasteiger partial charge is 0.408 e. The Hall–Kier alpha value is -2.81. The lowest BCUT2D eigenvalue weighted by molar-refractivity contribution is -0.145. The van der Waals surface area contributed by atoms with E-state index in [9.17, 15) is 19.2 Å². The van der Waals surface area contributed by atoms with E-state index in [0.29, 0.717) is 32.2 Å². The number of nitrogens with one attached hydrogen (secondary N) is 3. The van der Waals surface area contributed by atoms with Crippen molar-refractivity contribution in [2.45, 2.75) is 83.4 Å². The third kappa shape index (κ3) is 14.5. The first-order chi connectivity index (χ1) is 17.4. The van der Waals surface area contributed by atoms with Gasteiger partial charge in [-0.05, 0) is 93.2 Å². The minimum absolute atomic E-state index is 0.0197. The van der Waals surface area contributed by atoms with Gasteiger partial charge in [0.2, 0.25) is 11.8 Å². The van der Waals surface area contributed by atoms with Crippen LogP contribution in [0.2, 0.25) is 0 Å². The van der Waals surface area contributed by atoms with Gasteiger partial charge in [0.05, 0.1) is 7.11 Å². The average Bonchev–Trinajstić information content (AvgIpc) is 2.82. The lowest BCUT2D eigenvalue weighted by atomic mass is 10.1. The maximum atomic E-state index is 12.7. The monoisotopic (exact) mass is 627 g/mol. The number of esters is 1. The molecule has 0 saturated carbocycles. The maximum Gasteiger partial charge on any atom is 0.408 e. The number of unbranched alkanes of at least 4 members (excludes halogenated alkanes) is 1. The van der Waals surface area contributed by atoms with E-state index >= 15 is 0 Å². The van der Waals surface area contributed by atoms with Gasteiger partial charge in [0, 0.05) is 23.0 Å². The Kier molecular flexibility index (Phi) is 14.7. The van der Waals surface area contributed by atoms with Crippen LogP contribution in [0.4, 0.5) is 4.79 Å². The predicted octanol–water partition coefficient (Wildman–Crippen LogP) is 3.47. The van der Waals surface area contributed by atoms with Gasteiger partial charge in [-0.25, -0.2) is 9.59 Å². The minimum Gasteiger partial charge on any atom is -0.467 e. The SMILES string of the molecule is C#CCC(NC(=O)OC(C)(C)C)C(=O)NC(CCCCNC(=O)CCCc1ccc(I)cc1)C(=O)OC. The van der Waals surface area contributed by atoms with Crippen molar-refractivity contribution >= 4 is 46.5 Å². The molecule has 2 atom stereocenters. The number of methoxy groups -OCH3 is 1. The number of alkyl carbamates (subject to hydrolysis) is 1. The number of benzene rings is 1. The van der Waals surface area contributed by atoms with Crippen molar-refractivity contribution in [2.75, 3.05) is 13.7 Å². The number of halogens is 1. The molecule has 0 bridgehead atoms. The van der Waals surface area contributed by atoms with Gasteiger partial charge >= 0.3 is 12.1 Å². The van der Waals surface area contributed by atoms with Crippen LogP contribution in [0.15, 0.2) is 24.3 Å². The number of aryl methyl sites for hydroxylation is 1. The van der Waals surface area contributed by atoms with Crippen molar-refractivity contribution in [2.24, 2.45) is 0 Å². The molecule has 0 radical (unpaired) electrons. The fourth-order valence-electron chi connectivity index (χ4n) is 3.33. The van der Waals surface area contributed by atoms with Gasteiger partial charge in [-0.1, -0.05) is 12.1 Å². The summed E-state index contributed by atoms with van der Waals surface area (Å²) in [5.74, 6) is 1.10. The summed E-state index contributed by atoms with van der Waals surface area (Å²) in [5.41, 5.74) is 0.460. The highest BCUT2D eigenvalue weighted by Gasteiger charge is 2.28. The van der Waals surface area contributed by atoms with Crippen molar-refractivity contribution in [1.82, 2.24) is 16.0 Å². The molecular formula is C27H38IN3O6. The third-order valence-corrected chi connectivity index (χ3v) is 5.88. The number of carbonyl (C=O) groups excluding carboxylic acids is 4. The highest BCUT2D eigenvalue weighted by atomic mass is 127. The number of hydrogen-bond donors (Lipinski definition) is 3. The Morgan fingerprint density at radius 1 is 1.03 bits per heavy atom. The van der Waals surface area contributed by atoms with Crippen LogP contribution in [-0.2, 0) is 30.3 Å². The Morgan fingerprint density at radius 2 is 1.70 bits per heavy atom. The zero-order valence-electron chi connectivity index (χ0n) is 22.0. The molecular weight excluding hydrogens is 589 g/mol. The molecule has 0 aromatic heterocycles. The molecule has 37 heavy (non-hydrogen) atoms. The number of terminal acetylenes is 1. The molecule has 0 heterocycles. The molecule has 1 rings (SSSR count). The van der Waals surface area contributed by atoms with Crippen molar-refractivity contribution in [3.63, 3.8) is 0 Å². The molecule has 2 unspecified atom stereocenters. The largest absolute Gasteiger partial charge is 0.467 e. The molecule has 0 aliphatic heterocycles. The van der Waals surface area contributed by atoms with E-state index < -0.39 is 35.7 Å². The van der Waals surface area contributed by atoms with Crippen LogP contribution < -0.4 is 16.0 Å². The second-order valence-corrected chi connectivity index (χ2v) is 10.8. The Morgan fingerprint density at radius 3 is 2.30 bits per heavy atom. The number of carbonyl (C=O) groups is 4. The molecule has 0 spiro atoms. The fraction of sp³-hybridized carbons (Fsp3) is 0.556. The first-order valence-corrected chi connectivity index (χ1v) is 13.4. The molecule has 9 nitrogen and oxygen atoms in total. The van der Waals surface area contributed by atoms with Crippen LogP contribution in [0.3, 0.4) is 0 Å². The van der Waals surface area contributed by atoms with Gasteiger partial charge in [-0.15, -0.1) is 12.3 Å². The maximum absolute atomic E-state index is 12.7. The van der Waals surface area contributed by atoms with E-state index in [4.69, 9.17) is 15.9 Å². The normalized spacial score (nSPS) is 12.4. The Labute approximate surface area is 233 Å². The fourth-order valence-corrected chi connectivity index (χ4v) is 3.69. The summed E-state index contributed by atoms with van der Waals surface area (Å²) in [4.78, 5) is 49.1. The van der Waals surface area contributed by atoms with E-state index in [2.05, 4.69) is 56.6 Å². The standard InChI is InChI=1S/C27H38IN3O6/c1-6-10-21(31-26(35)37-27(2,3)4)24(33)30-22(25(34)36-5)12-7-8-18-29-23(32)13-9-11-19-14-16-20(28)17-15-19/h1,14-17,21-22H,7-13,18H2,2-5H3,(H,29,32)(H,30,33)(H,31,35). The number of rotatable bonds is 14. The quantitative estimate of drug-likeness (QED) is 0.126. The number of ether oxygens (including phenoxy) is 2.